The van der Waals surface area contributed by atoms with Crippen molar-refractivity contribution in [3.05, 3.63) is 35.4 Å². The van der Waals surface area contributed by atoms with Gasteiger partial charge in [0.2, 0.25) is 0 Å². The maximum Gasteiger partial charge on any atom is 0.0762 e. The number of hydrogen-bond donors (Lipinski definition) is 1. The van der Waals surface area contributed by atoms with E-state index in [4.69, 9.17) is 0 Å². The number of rotatable bonds is 7. The molecule has 2 aromatic heterocycles. The highest BCUT2D eigenvalue weighted by Gasteiger charge is 2.07. The molecule has 110 valence electrons. The highest BCUT2D eigenvalue weighted by molar-refractivity contribution is 5.15. The quantitative estimate of drug-likeness (QED) is 0.845. The van der Waals surface area contributed by atoms with Crippen LogP contribution >= 0.6 is 0 Å². The first kappa shape index (κ1) is 14.8. The van der Waals surface area contributed by atoms with E-state index in [1.165, 1.54) is 5.56 Å². The van der Waals surface area contributed by atoms with Gasteiger partial charge in [-0.25, -0.2) is 0 Å². The van der Waals surface area contributed by atoms with Crippen molar-refractivity contribution < 1.29 is 0 Å². The van der Waals surface area contributed by atoms with Crippen LogP contribution in [0.3, 0.4) is 0 Å². The summed E-state index contributed by atoms with van der Waals surface area (Å²) < 4.78 is 4.02. The summed E-state index contributed by atoms with van der Waals surface area (Å²) in [5.74, 6) is 0. The molecule has 0 bridgehead atoms. The zero-order chi connectivity index (χ0) is 14.5. The maximum atomic E-state index is 4.52. The second-order valence-electron chi connectivity index (χ2n) is 5.49. The maximum absolute atomic E-state index is 4.52. The molecule has 0 amide bonds. The van der Waals surface area contributed by atoms with Gasteiger partial charge in [0.25, 0.3) is 0 Å². The third-order valence-corrected chi connectivity index (χ3v) is 3.32. The third kappa shape index (κ3) is 3.70. The third-order valence-electron chi connectivity index (χ3n) is 3.32. The first-order chi connectivity index (χ1) is 9.60. The molecule has 0 saturated carbocycles. The summed E-state index contributed by atoms with van der Waals surface area (Å²) in [4.78, 5) is 0. The van der Waals surface area contributed by atoms with Gasteiger partial charge in [0.05, 0.1) is 11.4 Å². The van der Waals surface area contributed by atoms with Gasteiger partial charge < -0.3 is 5.32 Å². The molecular formula is C15H25N5. The Morgan fingerprint density at radius 3 is 2.70 bits per heavy atom. The molecule has 5 nitrogen and oxygen atoms in total. The number of nitrogens with one attached hydrogen (secondary N) is 1. The number of aromatic nitrogens is 4. The SMILES string of the molecule is CCCn1ccc(CNCc2cn(C(C)C)nc2C)n1. The Morgan fingerprint density at radius 1 is 1.25 bits per heavy atom. The Kier molecular flexibility index (Phi) is 4.95. The minimum absolute atomic E-state index is 0.409. The molecule has 0 spiro atoms. The summed E-state index contributed by atoms with van der Waals surface area (Å²) in [6, 6.07) is 2.49. The standard InChI is InChI=1S/C15H25N5/c1-5-7-19-8-6-15(18-19)10-16-9-14-11-20(12(2)3)17-13(14)4/h6,8,11-12,16H,5,7,9-10H2,1-4H3. The Hall–Kier alpha value is -1.62. The lowest BCUT2D eigenvalue weighted by atomic mass is 10.2. The summed E-state index contributed by atoms with van der Waals surface area (Å²) in [5, 5.41) is 12.5. The van der Waals surface area contributed by atoms with E-state index in [2.05, 4.69) is 55.5 Å². The molecule has 0 aliphatic carbocycles. The summed E-state index contributed by atoms with van der Waals surface area (Å²) in [7, 11) is 0. The number of hydrogen-bond acceptors (Lipinski definition) is 3. The van der Waals surface area contributed by atoms with Crippen molar-refractivity contribution in [3.63, 3.8) is 0 Å². The average Bonchev–Trinajstić information content (AvgIpc) is 2.98. The van der Waals surface area contributed by atoms with E-state index in [1.54, 1.807) is 0 Å². The predicted molar refractivity (Wildman–Crippen MR) is 80.4 cm³/mol. The fraction of sp³-hybridized carbons (Fsp3) is 0.600. The first-order valence-corrected chi connectivity index (χ1v) is 7.37. The van der Waals surface area contributed by atoms with Gasteiger partial charge in [-0.2, -0.15) is 10.2 Å². The summed E-state index contributed by atoms with van der Waals surface area (Å²) in [6.07, 6.45) is 5.29. The lowest BCUT2D eigenvalue weighted by molar-refractivity contribution is 0.528. The molecule has 1 N–H and O–H groups in total. The van der Waals surface area contributed by atoms with Crippen molar-refractivity contribution in [3.8, 4) is 0 Å². The molecular weight excluding hydrogens is 250 g/mol. The van der Waals surface area contributed by atoms with Crippen molar-refractivity contribution in [2.24, 2.45) is 0 Å². The summed E-state index contributed by atoms with van der Waals surface area (Å²) >= 11 is 0. The minimum Gasteiger partial charge on any atom is -0.307 e. The monoisotopic (exact) mass is 275 g/mol. The highest BCUT2D eigenvalue weighted by atomic mass is 15.3. The molecule has 2 aromatic rings. The lowest BCUT2D eigenvalue weighted by Gasteiger charge is -2.03. The molecule has 0 unspecified atom stereocenters. The second kappa shape index (κ2) is 6.70. The van der Waals surface area contributed by atoms with E-state index in [-0.39, 0.29) is 0 Å². The van der Waals surface area contributed by atoms with Gasteiger partial charge in [0.15, 0.2) is 0 Å². The molecule has 20 heavy (non-hydrogen) atoms. The Balaban J connectivity index is 1.85. The van der Waals surface area contributed by atoms with Crippen LogP contribution in [-0.4, -0.2) is 19.6 Å². The van der Waals surface area contributed by atoms with Crippen molar-refractivity contribution in [1.82, 2.24) is 24.9 Å². The van der Waals surface area contributed by atoms with Gasteiger partial charge in [0, 0.05) is 43.6 Å². The van der Waals surface area contributed by atoms with E-state index >= 15 is 0 Å². The lowest BCUT2D eigenvalue weighted by Crippen LogP contribution is -2.13. The van der Waals surface area contributed by atoms with Crippen LogP contribution in [0.25, 0.3) is 0 Å². The Bertz CT molecular complexity index is 538. The Labute approximate surface area is 121 Å². The zero-order valence-corrected chi connectivity index (χ0v) is 12.9. The number of nitrogens with zero attached hydrogens (tertiary/aromatic N) is 4. The molecule has 0 atom stereocenters. The topological polar surface area (TPSA) is 47.7 Å². The summed E-state index contributed by atoms with van der Waals surface area (Å²) in [6.45, 7) is 11.1. The second-order valence-corrected chi connectivity index (χ2v) is 5.49. The molecule has 2 heterocycles. The molecule has 0 aromatic carbocycles. The van der Waals surface area contributed by atoms with Crippen molar-refractivity contribution in [1.29, 1.82) is 0 Å². The van der Waals surface area contributed by atoms with Crippen molar-refractivity contribution in [2.45, 2.75) is 59.8 Å². The van der Waals surface area contributed by atoms with E-state index in [0.717, 1.165) is 37.4 Å². The number of aryl methyl sites for hydroxylation is 2. The fourth-order valence-corrected chi connectivity index (χ4v) is 2.13. The predicted octanol–water partition coefficient (Wildman–Crippen LogP) is 2.67. The smallest absolute Gasteiger partial charge is 0.0762 e. The van der Waals surface area contributed by atoms with Gasteiger partial charge >= 0.3 is 0 Å². The van der Waals surface area contributed by atoms with Crippen molar-refractivity contribution >= 4 is 0 Å². The van der Waals surface area contributed by atoms with Crippen LogP contribution in [0.2, 0.25) is 0 Å². The van der Waals surface area contributed by atoms with Crippen LogP contribution in [0, 0.1) is 6.92 Å². The van der Waals surface area contributed by atoms with Crippen LogP contribution in [0.5, 0.6) is 0 Å². The van der Waals surface area contributed by atoms with Gasteiger partial charge in [-0.3, -0.25) is 9.36 Å². The van der Waals surface area contributed by atoms with E-state index in [0.29, 0.717) is 6.04 Å². The Morgan fingerprint density at radius 2 is 2.05 bits per heavy atom. The van der Waals surface area contributed by atoms with E-state index in [9.17, 15) is 0 Å². The molecule has 2 rings (SSSR count). The average molecular weight is 275 g/mol. The molecule has 0 aliphatic rings. The molecule has 0 aliphatic heterocycles. The van der Waals surface area contributed by atoms with E-state index in [1.807, 2.05) is 15.6 Å². The largest absolute Gasteiger partial charge is 0.307 e. The molecule has 5 heteroatoms. The molecule has 0 fully saturated rings. The van der Waals surface area contributed by atoms with Gasteiger partial charge in [-0.1, -0.05) is 6.92 Å². The van der Waals surface area contributed by atoms with Gasteiger partial charge in [-0.05, 0) is 33.3 Å². The molecule has 0 radical (unpaired) electrons. The van der Waals surface area contributed by atoms with Crippen LogP contribution in [0.15, 0.2) is 18.5 Å². The zero-order valence-electron chi connectivity index (χ0n) is 12.9. The van der Waals surface area contributed by atoms with Crippen LogP contribution in [-0.2, 0) is 19.6 Å². The molecule has 0 saturated heterocycles. The minimum atomic E-state index is 0.409. The normalized spacial score (nSPS) is 11.4. The van der Waals surface area contributed by atoms with Gasteiger partial charge in [0.1, 0.15) is 0 Å². The first-order valence-electron chi connectivity index (χ1n) is 7.37. The van der Waals surface area contributed by atoms with Crippen LogP contribution < -0.4 is 5.32 Å². The van der Waals surface area contributed by atoms with E-state index < -0.39 is 0 Å². The summed E-state index contributed by atoms with van der Waals surface area (Å²) in [5.41, 5.74) is 3.45. The van der Waals surface area contributed by atoms with Crippen LogP contribution in [0.4, 0.5) is 0 Å². The fourth-order valence-electron chi connectivity index (χ4n) is 2.13. The van der Waals surface area contributed by atoms with Gasteiger partial charge in [-0.15, -0.1) is 0 Å². The van der Waals surface area contributed by atoms with Crippen LogP contribution in [0.1, 0.15) is 50.2 Å². The van der Waals surface area contributed by atoms with Crippen molar-refractivity contribution in [2.75, 3.05) is 0 Å². The highest BCUT2D eigenvalue weighted by Crippen LogP contribution is 2.10.